The van der Waals surface area contributed by atoms with Crippen molar-refractivity contribution in [3.63, 3.8) is 0 Å². The number of hydrogen-bond acceptors (Lipinski definition) is 4. The Hall–Kier alpha value is -2.43. The van der Waals surface area contributed by atoms with E-state index in [-0.39, 0.29) is 11.3 Å². The number of nitrogens with zero attached hydrogens (tertiary/aromatic N) is 2. The van der Waals surface area contributed by atoms with Crippen LogP contribution in [0.15, 0.2) is 30.3 Å². The fourth-order valence-corrected chi connectivity index (χ4v) is 6.60. The highest BCUT2D eigenvalue weighted by molar-refractivity contribution is 5.91. The van der Waals surface area contributed by atoms with Gasteiger partial charge in [0.25, 0.3) is 0 Å². The number of nitrogens with one attached hydrogen (secondary N) is 2. The number of amides is 1. The topological polar surface area (TPSA) is 66.9 Å². The molecule has 5 nitrogen and oxygen atoms in total. The zero-order chi connectivity index (χ0) is 20.0. The first kappa shape index (κ1) is 18.6. The van der Waals surface area contributed by atoms with Gasteiger partial charge in [-0.15, -0.1) is 0 Å². The second-order valence-electron chi connectivity index (χ2n) is 9.82. The van der Waals surface area contributed by atoms with E-state index in [1.165, 1.54) is 38.5 Å². The molecule has 1 amide bonds. The summed E-state index contributed by atoms with van der Waals surface area (Å²) in [6.07, 6.45) is 8.74. The molecule has 152 valence electrons. The predicted octanol–water partition coefficient (Wildman–Crippen LogP) is 5.38. The number of aryl methyl sites for hydroxylation is 2. The maximum atomic E-state index is 12.8. The van der Waals surface area contributed by atoms with Gasteiger partial charge in [-0.25, -0.2) is 9.97 Å². The van der Waals surface area contributed by atoms with Gasteiger partial charge in [0.15, 0.2) is 0 Å². The van der Waals surface area contributed by atoms with E-state index in [0.717, 1.165) is 40.5 Å². The Morgan fingerprint density at radius 3 is 2.00 bits per heavy atom. The molecule has 0 radical (unpaired) electrons. The number of carbonyl (C=O) groups excluding carboxylic acids is 1. The molecule has 1 aromatic carbocycles. The third-order valence-corrected chi connectivity index (χ3v) is 7.11. The van der Waals surface area contributed by atoms with Gasteiger partial charge in [-0.3, -0.25) is 4.79 Å². The van der Waals surface area contributed by atoms with Gasteiger partial charge < -0.3 is 10.6 Å². The van der Waals surface area contributed by atoms with Crippen LogP contribution in [0.4, 0.5) is 17.3 Å². The second kappa shape index (κ2) is 7.12. The van der Waals surface area contributed by atoms with Crippen molar-refractivity contribution in [2.45, 2.75) is 58.8 Å². The molecular weight excluding hydrogens is 360 g/mol. The third kappa shape index (κ3) is 4.00. The first-order chi connectivity index (χ1) is 13.9. The lowest BCUT2D eigenvalue weighted by Crippen LogP contribution is -2.47. The molecule has 0 saturated heterocycles. The Morgan fingerprint density at radius 2 is 1.45 bits per heavy atom. The van der Waals surface area contributed by atoms with E-state index in [4.69, 9.17) is 0 Å². The van der Waals surface area contributed by atoms with Gasteiger partial charge in [0, 0.05) is 29.2 Å². The molecule has 4 bridgehead atoms. The van der Waals surface area contributed by atoms with E-state index >= 15 is 0 Å². The van der Waals surface area contributed by atoms with Crippen molar-refractivity contribution in [3.8, 4) is 0 Å². The molecular formula is C24H30N4O. The summed E-state index contributed by atoms with van der Waals surface area (Å²) < 4.78 is 0. The van der Waals surface area contributed by atoms with Gasteiger partial charge in [-0.05, 0) is 106 Å². The van der Waals surface area contributed by atoms with Crippen LogP contribution >= 0.6 is 0 Å². The highest BCUT2D eigenvalue weighted by Gasteiger charge is 2.51. The molecule has 0 aliphatic heterocycles. The van der Waals surface area contributed by atoms with E-state index in [0.29, 0.717) is 12.4 Å². The van der Waals surface area contributed by atoms with Crippen molar-refractivity contribution < 1.29 is 4.79 Å². The number of rotatable bonds is 5. The normalized spacial score (nSPS) is 29.7. The number of hydrogen-bond donors (Lipinski definition) is 2. The van der Waals surface area contributed by atoms with Crippen LogP contribution in [0.1, 0.15) is 56.3 Å². The summed E-state index contributed by atoms with van der Waals surface area (Å²) in [5.41, 5.74) is 3.92. The summed E-state index contributed by atoms with van der Waals surface area (Å²) in [5, 5.41) is 6.36. The smallest absolute Gasteiger partial charge is 0.227 e. The van der Waals surface area contributed by atoms with E-state index in [1.807, 2.05) is 44.2 Å². The van der Waals surface area contributed by atoms with Gasteiger partial charge in [0.2, 0.25) is 11.9 Å². The summed E-state index contributed by atoms with van der Waals surface area (Å²) in [4.78, 5) is 21.6. The Balaban J connectivity index is 1.20. The first-order valence-electron chi connectivity index (χ1n) is 10.9. The first-order valence-corrected chi connectivity index (χ1v) is 10.9. The fourth-order valence-electron chi connectivity index (χ4n) is 6.60. The van der Waals surface area contributed by atoms with Gasteiger partial charge in [-0.2, -0.15) is 0 Å². The lowest BCUT2D eigenvalue weighted by molar-refractivity contribution is -0.124. The fraction of sp³-hybridized carbons (Fsp3) is 0.542. The van der Waals surface area contributed by atoms with E-state index in [9.17, 15) is 4.79 Å². The molecule has 6 rings (SSSR count). The van der Waals surface area contributed by atoms with Crippen molar-refractivity contribution in [2.24, 2.45) is 23.2 Å². The standard InChI is InChI=1S/C24H30N4O/c1-15-7-16(2)26-23(25-15)28-21-5-3-20(4-6-21)27-22(29)14-24-11-17-8-18(12-24)10-19(9-17)13-24/h3-7,17-19H,8-14H2,1-2H3,(H,27,29)(H,25,26,28). The van der Waals surface area contributed by atoms with Gasteiger partial charge in [-0.1, -0.05) is 0 Å². The molecule has 5 heteroatoms. The zero-order valence-electron chi connectivity index (χ0n) is 17.4. The van der Waals surface area contributed by atoms with Crippen LogP contribution in [0.2, 0.25) is 0 Å². The highest BCUT2D eigenvalue weighted by Crippen LogP contribution is 2.61. The predicted molar refractivity (Wildman–Crippen MR) is 115 cm³/mol. The third-order valence-electron chi connectivity index (χ3n) is 7.11. The summed E-state index contributed by atoms with van der Waals surface area (Å²) in [6, 6.07) is 9.77. The van der Waals surface area contributed by atoms with Gasteiger partial charge in [0.05, 0.1) is 0 Å². The molecule has 1 heterocycles. The van der Waals surface area contributed by atoms with Crippen molar-refractivity contribution >= 4 is 23.2 Å². The van der Waals surface area contributed by atoms with Crippen LogP contribution in [-0.4, -0.2) is 15.9 Å². The van der Waals surface area contributed by atoms with Crippen molar-refractivity contribution in [2.75, 3.05) is 10.6 Å². The molecule has 2 N–H and O–H groups in total. The Labute approximate surface area is 172 Å². The molecule has 0 atom stereocenters. The summed E-state index contributed by atoms with van der Waals surface area (Å²) in [6.45, 7) is 3.92. The minimum atomic E-state index is 0.172. The number of carbonyl (C=O) groups is 1. The van der Waals surface area contributed by atoms with Gasteiger partial charge in [0.1, 0.15) is 0 Å². The van der Waals surface area contributed by atoms with Crippen LogP contribution < -0.4 is 10.6 Å². The molecule has 1 aromatic heterocycles. The Morgan fingerprint density at radius 1 is 0.931 bits per heavy atom. The SMILES string of the molecule is Cc1cc(C)nc(Nc2ccc(NC(=O)CC34CC5CC(CC(C5)C3)C4)cc2)n1. The number of benzene rings is 1. The van der Waals surface area contributed by atoms with Crippen LogP contribution in [0, 0.1) is 37.0 Å². The number of anilines is 3. The Kier molecular flexibility index (Phi) is 4.56. The molecule has 29 heavy (non-hydrogen) atoms. The minimum absolute atomic E-state index is 0.172. The molecule has 4 aliphatic carbocycles. The quantitative estimate of drug-likeness (QED) is 0.719. The minimum Gasteiger partial charge on any atom is -0.326 e. The van der Waals surface area contributed by atoms with Crippen LogP contribution in [0.3, 0.4) is 0 Å². The molecule has 0 unspecified atom stereocenters. The maximum Gasteiger partial charge on any atom is 0.227 e. The molecule has 4 fully saturated rings. The lowest BCUT2D eigenvalue weighted by atomic mass is 9.49. The second-order valence-corrected chi connectivity index (χ2v) is 9.82. The largest absolute Gasteiger partial charge is 0.326 e. The average molecular weight is 391 g/mol. The summed E-state index contributed by atoms with van der Waals surface area (Å²) in [7, 11) is 0. The summed E-state index contributed by atoms with van der Waals surface area (Å²) in [5.74, 6) is 3.41. The van der Waals surface area contributed by atoms with E-state index in [2.05, 4.69) is 20.6 Å². The summed E-state index contributed by atoms with van der Waals surface area (Å²) >= 11 is 0. The average Bonchev–Trinajstić information content (AvgIpc) is 2.61. The van der Waals surface area contributed by atoms with Gasteiger partial charge >= 0.3 is 0 Å². The Bertz CT molecular complexity index is 865. The van der Waals surface area contributed by atoms with E-state index < -0.39 is 0 Å². The molecule has 2 aromatic rings. The zero-order valence-corrected chi connectivity index (χ0v) is 17.4. The van der Waals surface area contributed by atoms with Crippen LogP contribution in [0.5, 0.6) is 0 Å². The monoisotopic (exact) mass is 390 g/mol. The van der Waals surface area contributed by atoms with Crippen LogP contribution in [0.25, 0.3) is 0 Å². The maximum absolute atomic E-state index is 12.8. The number of aromatic nitrogens is 2. The van der Waals surface area contributed by atoms with E-state index in [1.54, 1.807) is 0 Å². The van der Waals surface area contributed by atoms with Crippen molar-refractivity contribution in [3.05, 3.63) is 41.7 Å². The van der Waals surface area contributed by atoms with Crippen LogP contribution in [-0.2, 0) is 4.79 Å². The lowest BCUT2D eigenvalue weighted by Gasteiger charge is -2.56. The molecule has 0 spiro atoms. The van der Waals surface area contributed by atoms with Crippen molar-refractivity contribution in [1.82, 2.24) is 9.97 Å². The molecule has 4 saturated carbocycles. The molecule has 4 aliphatic rings. The van der Waals surface area contributed by atoms with Crippen molar-refractivity contribution in [1.29, 1.82) is 0 Å². The highest BCUT2D eigenvalue weighted by atomic mass is 16.1.